The van der Waals surface area contributed by atoms with Crippen LogP contribution in [0.25, 0.3) is 0 Å². The van der Waals surface area contributed by atoms with Crippen molar-refractivity contribution in [3.05, 3.63) is 34.3 Å². The highest BCUT2D eigenvalue weighted by atomic mass is 79.9. The predicted octanol–water partition coefficient (Wildman–Crippen LogP) is 3.29. The normalized spacial score (nSPS) is 9.07. The van der Waals surface area contributed by atoms with Crippen LogP contribution < -0.4 is 0 Å². The van der Waals surface area contributed by atoms with Crippen LogP contribution in [0.4, 0.5) is 0 Å². The molecular weight excluding hydrogens is 263 g/mol. The van der Waals surface area contributed by atoms with Crippen LogP contribution in [0.1, 0.15) is 22.8 Å². The van der Waals surface area contributed by atoms with Crippen molar-refractivity contribution in [1.29, 1.82) is 0 Å². The highest BCUT2D eigenvalue weighted by molar-refractivity contribution is 9.09. The number of halogens is 2. The minimum Gasteiger partial charge on any atom is -0.295 e. The maximum atomic E-state index is 11.0. The van der Waals surface area contributed by atoms with Crippen LogP contribution in [0.5, 0.6) is 0 Å². The van der Waals surface area contributed by atoms with E-state index in [0.29, 0.717) is 15.9 Å². The highest BCUT2D eigenvalue weighted by Crippen LogP contribution is 2.17. The van der Waals surface area contributed by atoms with Gasteiger partial charge in [-0.2, -0.15) is 0 Å². The van der Waals surface area contributed by atoms with Gasteiger partial charge < -0.3 is 0 Å². The lowest BCUT2D eigenvalue weighted by molar-refractivity contribution is 0.101. The molecule has 0 bridgehead atoms. The number of alkyl halides is 1. The Labute approximate surface area is 96.6 Å². The first kappa shape index (κ1) is 11.3. The number of carbonyl (C=O) groups is 1. The van der Waals surface area contributed by atoms with Crippen LogP contribution in [0, 0.1) is 11.8 Å². The Bertz CT molecular complexity index is 415. The van der Waals surface area contributed by atoms with Gasteiger partial charge in [-0.3, -0.25) is 4.79 Å². The van der Waals surface area contributed by atoms with Crippen LogP contribution >= 0.6 is 27.5 Å². The molecule has 1 aromatic carbocycles. The average molecular weight is 272 g/mol. The monoisotopic (exact) mass is 270 g/mol. The van der Waals surface area contributed by atoms with Crippen molar-refractivity contribution < 1.29 is 4.79 Å². The Hall–Kier alpha value is -0.780. The Kier molecular flexibility index (Phi) is 4.19. The summed E-state index contributed by atoms with van der Waals surface area (Å²) in [5.74, 6) is 5.75. The number of hydrogen-bond donors (Lipinski definition) is 0. The van der Waals surface area contributed by atoms with E-state index in [9.17, 15) is 4.79 Å². The maximum absolute atomic E-state index is 11.0. The zero-order valence-electron chi connectivity index (χ0n) is 7.60. The standard InChI is InChI=1S/C11H8BrClO/c1-8(14)10-5-4-9(3-2-6-12)11(13)7-10/h4-5,7H,6H2,1H3. The van der Waals surface area contributed by atoms with Crippen molar-refractivity contribution in [2.75, 3.05) is 5.33 Å². The topological polar surface area (TPSA) is 17.1 Å². The van der Waals surface area contributed by atoms with Crippen molar-refractivity contribution in [1.82, 2.24) is 0 Å². The van der Waals surface area contributed by atoms with Crippen molar-refractivity contribution >= 4 is 33.3 Å². The molecule has 1 nitrogen and oxygen atoms in total. The second kappa shape index (κ2) is 5.19. The minimum absolute atomic E-state index is 0.00639. The summed E-state index contributed by atoms with van der Waals surface area (Å²) in [6.07, 6.45) is 0. The van der Waals surface area contributed by atoms with Gasteiger partial charge in [0.2, 0.25) is 0 Å². The minimum atomic E-state index is 0.00639. The zero-order valence-corrected chi connectivity index (χ0v) is 9.95. The van der Waals surface area contributed by atoms with E-state index in [0.717, 1.165) is 5.56 Å². The Morgan fingerprint density at radius 1 is 1.57 bits per heavy atom. The third kappa shape index (κ3) is 2.87. The Balaban J connectivity index is 3.07. The molecule has 0 N–H and O–H groups in total. The number of hydrogen-bond acceptors (Lipinski definition) is 1. The predicted molar refractivity (Wildman–Crippen MR) is 62.1 cm³/mol. The van der Waals surface area contributed by atoms with E-state index in [1.165, 1.54) is 6.92 Å². The van der Waals surface area contributed by atoms with Gasteiger partial charge in [0.05, 0.1) is 10.4 Å². The summed E-state index contributed by atoms with van der Waals surface area (Å²) in [4.78, 5) is 11.0. The maximum Gasteiger partial charge on any atom is 0.159 e. The van der Waals surface area contributed by atoms with Crippen molar-refractivity contribution in [2.45, 2.75) is 6.92 Å². The van der Waals surface area contributed by atoms with Gasteiger partial charge in [0, 0.05) is 11.1 Å². The first-order valence-corrected chi connectivity index (χ1v) is 5.50. The first-order chi connectivity index (χ1) is 6.65. The van der Waals surface area contributed by atoms with Gasteiger partial charge in [-0.15, -0.1) is 0 Å². The quantitative estimate of drug-likeness (QED) is 0.435. The molecule has 0 aliphatic carbocycles. The highest BCUT2D eigenvalue weighted by Gasteiger charge is 2.02. The van der Waals surface area contributed by atoms with Gasteiger partial charge in [0.15, 0.2) is 5.78 Å². The molecule has 0 spiro atoms. The van der Waals surface area contributed by atoms with Gasteiger partial charge in [0.1, 0.15) is 0 Å². The number of rotatable bonds is 1. The van der Waals surface area contributed by atoms with Crippen molar-refractivity contribution in [3.63, 3.8) is 0 Å². The summed E-state index contributed by atoms with van der Waals surface area (Å²) < 4.78 is 0. The van der Waals surface area contributed by atoms with E-state index in [1.54, 1.807) is 18.2 Å². The molecule has 1 aromatic rings. The molecule has 0 radical (unpaired) electrons. The molecular formula is C11H8BrClO. The molecule has 3 heteroatoms. The molecule has 14 heavy (non-hydrogen) atoms. The van der Waals surface area contributed by atoms with Gasteiger partial charge in [0.25, 0.3) is 0 Å². The summed E-state index contributed by atoms with van der Waals surface area (Å²) >= 11 is 9.14. The van der Waals surface area contributed by atoms with Crippen LogP contribution in [0.2, 0.25) is 5.02 Å². The third-order valence-corrected chi connectivity index (χ3v) is 2.26. The van der Waals surface area contributed by atoms with Crippen LogP contribution in [-0.2, 0) is 0 Å². The average Bonchev–Trinajstić information content (AvgIpc) is 2.15. The van der Waals surface area contributed by atoms with Crippen molar-refractivity contribution in [3.8, 4) is 11.8 Å². The SMILES string of the molecule is CC(=O)c1ccc(C#CCBr)c(Cl)c1. The first-order valence-electron chi connectivity index (χ1n) is 4.00. The lowest BCUT2D eigenvalue weighted by atomic mass is 10.1. The van der Waals surface area contributed by atoms with Gasteiger partial charge in [-0.05, 0) is 19.1 Å². The van der Waals surface area contributed by atoms with Gasteiger partial charge >= 0.3 is 0 Å². The summed E-state index contributed by atoms with van der Waals surface area (Å²) in [5, 5.41) is 1.13. The molecule has 0 aliphatic heterocycles. The van der Waals surface area contributed by atoms with Gasteiger partial charge in [-0.1, -0.05) is 45.4 Å². The van der Waals surface area contributed by atoms with Crippen molar-refractivity contribution in [2.24, 2.45) is 0 Å². The molecule has 72 valence electrons. The number of carbonyl (C=O) groups excluding carboxylic acids is 1. The lowest BCUT2D eigenvalue weighted by Gasteiger charge is -1.98. The van der Waals surface area contributed by atoms with E-state index in [2.05, 4.69) is 27.8 Å². The molecule has 1 rings (SSSR count). The van der Waals surface area contributed by atoms with E-state index in [4.69, 9.17) is 11.6 Å². The number of ketones is 1. The summed E-state index contributed by atoms with van der Waals surface area (Å²) in [6.45, 7) is 1.51. The fourth-order valence-corrected chi connectivity index (χ4v) is 1.33. The smallest absolute Gasteiger partial charge is 0.159 e. The van der Waals surface area contributed by atoms with Crippen LogP contribution in [-0.4, -0.2) is 11.1 Å². The second-order valence-electron chi connectivity index (χ2n) is 2.69. The van der Waals surface area contributed by atoms with Gasteiger partial charge in [-0.25, -0.2) is 0 Å². The molecule has 0 amide bonds. The van der Waals surface area contributed by atoms with E-state index in [-0.39, 0.29) is 5.78 Å². The second-order valence-corrected chi connectivity index (χ2v) is 3.65. The van der Waals surface area contributed by atoms with Crippen LogP contribution in [0.15, 0.2) is 18.2 Å². The lowest BCUT2D eigenvalue weighted by Crippen LogP contribution is -1.92. The van der Waals surface area contributed by atoms with Crippen LogP contribution in [0.3, 0.4) is 0 Å². The molecule has 0 saturated heterocycles. The molecule has 0 aromatic heterocycles. The fraction of sp³-hybridized carbons (Fsp3) is 0.182. The molecule has 0 unspecified atom stereocenters. The largest absolute Gasteiger partial charge is 0.295 e. The molecule has 0 saturated carbocycles. The summed E-state index contributed by atoms with van der Waals surface area (Å²) in [5.41, 5.74) is 1.36. The Morgan fingerprint density at radius 2 is 2.29 bits per heavy atom. The molecule has 0 fully saturated rings. The molecule has 0 aliphatic rings. The fourth-order valence-electron chi connectivity index (χ4n) is 0.964. The molecule has 0 atom stereocenters. The third-order valence-electron chi connectivity index (χ3n) is 1.67. The van der Waals surface area contributed by atoms with E-state index in [1.807, 2.05) is 0 Å². The Morgan fingerprint density at radius 3 is 2.79 bits per heavy atom. The molecule has 0 heterocycles. The number of Topliss-reactive ketones (excluding diaryl/α,β-unsaturated/α-hetero) is 1. The summed E-state index contributed by atoms with van der Waals surface area (Å²) in [7, 11) is 0. The zero-order chi connectivity index (χ0) is 10.6. The summed E-state index contributed by atoms with van der Waals surface area (Å²) in [6, 6.07) is 5.13. The van der Waals surface area contributed by atoms with E-state index < -0.39 is 0 Å². The van der Waals surface area contributed by atoms with E-state index >= 15 is 0 Å². The number of benzene rings is 1.